The number of hydrogen-bond acceptors (Lipinski definition) is 5. The number of nitrogens with zero attached hydrogens (tertiary/aromatic N) is 5. The molecule has 0 aliphatic heterocycles. The summed E-state index contributed by atoms with van der Waals surface area (Å²) >= 11 is 12.3. The summed E-state index contributed by atoms with van der Waals surface area (Å²) in [4.78, 5) is 4.07. The molecule has 2 heterocycles. The summed E-state index contributed by atoms with van der Waals surface area (Å²) in [5, 5.41) is 15.0. The van der Waals surface area contributed by atoms with Crippen molar-refractivity contribution >= 4 is 29.2 Å². The van der Waals surface area contributed by atoms with Crippen LogP contribution in [0.1, 0.15) is 5.56 Å². The lowest BCUT2D eigenvalue weighted by Gasteiger charge is -2.12. The normalized spacial score (nSPS) is 11.0. The lowest BCUT2D eigenvalue weighted by atomic mass is 10.0. The fourth-order valence-corrected chi connectivity index (χ4v) is 3.24. The zero-order valence-corrected chi connectivity index (χ0v) is 16.5. The van der Waals surface area contributed by atoms with Gasteiger partial charge in [0, 0.05) is 24.9 Å². The minimum absolute atomic E-state index is 0.0276. The molecule has 0 saturated carbocycles. The van der Waals surface area contributed by atoms with E-state index in [2.05, 4.69) is 25.8 Å². The van der Waals surface area contributed by atoms with Crippen LogP contribution in [0.15, 0.2) is 48.7 Å². The highest BCUT2D eigenvalue weighted by Crippen LogP contribution is 2.30. The van der Waals surface area contributed by atoms with Gasteiger partial charge >= 0.3 is 0 Å². The number of anilines is 1. The first-order chi connectivity index (χ1) is 14.5. The van der Waals surface area contributed by atoms with Crippen molar-refractivity contribution in [2.45, 2.75) is 6.54 Å². The van der Waals surface area contributed by atoms with E-state index in [0.717, 1.165) is 0 Å². The molecule has 4 aromatic rings. The summed E-state index contributed by atoms with van der Waals surface area (Å²) in [6, 6.07) is 9.42. The van der Waals surface area contributed by atoms with Crippen LogP contribution in [-0.2, 0) is 6.54 Å². The van der Waals surface area contributed by atoms with E-state index in [0.29, 0.717) is 28.4 Å². The second-order valence-corrected chi connectivity index (χ2v) is 6.88. The fourth-order valence-electron chi connectivity index (χ4n) is 2.86. The van der Waals surface area contributed by atoms with Crippen LogP contribution in [0.25, 0.3) is 16.9 Å². The number of rotatable bonds is 5. The lowest BCUT2D eigenvalue weighted by Crippen LogP contribution is -2.09. The summed E-state index contributed by atoms with van der Waals surface area (Å²) in [5.41, 5.74) is 0.485. The summed E-state index contributed by atoms with van der Waals surface area (Å²) in [5.74, 6) is -2.90. The quantitative estimate of drug-likeness (QED) is 0.460. The highest BCUT2D eigenvalue weighted by Gasteiger charge is 2.19. The van der Waals surface area contributed by atoms with Crippen molar-refractivity contribution in [1.82, 2.24) is 25.2 Å². The average molecular weight is 451 g/mol. The monoisotopic (exact) mass is 450 g/mol. The number of aromatic nitrogens is 5. The van der Waals surface area contributed by atoms with Gasteiger partial charge in [-0.2, -0.15) is 4.68 Å². The molecule has 11 heteroatoms. The molecule has 0 aliphatic carbocycles. The minimum Gasteiger partial charge on any atom is -0.349 e. The van der Waals surface area contributed by atoms with Gasteiger partial charge in [0.2, 0.25) is 5.95 Å². The zero-order chi connectivity index (χ0) is 21.3. The van der Waals surface area contributed by atoms with Crippen molar-refractivity contribution in [2.75, 3.05) is 5.32 Å². The molecular formula is C19H11Cl2F3N6. The van der Waals surface area contributed by atoms with Gasteiger partial charge in [-0.15, -0.1) is 0 Å². The van der Waals surface area contributed by atoms with Crippen molar-refractivity contribution in [3.05, 3.63) is 81.7 Å². The van der Waals surface area contributed by atoms with Gasteiger partial charge in [0.15, 0.2) is 0 Å². The Morgan fingerprint density at radius 2 is 1.77 bits per heavy atom. The molecule has 2 aromatic heterocycles. The van der Waals surface area contributed by atoms with Gasteiger partial charge in [0.25, 0.3) is 0 Å². The molecule has 152 valence electrons. The molecular weight excluding hydrogens is 440 g/mol. The number of pyridine rings is 1. The van der Waals surface area contributed by atoms with Crippen molar-refractivity contribution in [3.63, 3.8) is 0 Å². The SMILES string of the molecule is Fc1cc(F)c(-c2ncccc2CNc2nnnn2-c2cccc(Cl)c2Cl)c(F)c1. The standard InChI is InChI=1S/C19H11Cl2F3N6/c20-12-4-1-5-15(17(12)21)30-19(27-28-29-30)26-9-10-3-2-6-25-18(10)16-13(23)7-11(22)8-14(16)24/h1-8H,9H2,(H,26,27,29). The van der Waals surface area contributed by atoms with Crippen LogP contribution in [0.3, 0.4) is 0 Å². The lowest BCUT2D eigenvalue weighted by molar-refractivity contribution is 0.547. The molecule has 0 spiro atoms. The molecule has 1 N–H and O–H groups in total. The first-order valence-corrected chi connectivity index (χ1v) is 9.26. The molecule has 4 rings (SSSR count). The van der Waals surface area contributed by atoms with Gasteiger partial charge in [-0.05, 0) is 34.2 Å². The van der Waals surface area contributed by atoms with Crippen LogP contribution in [0.5, 0.6) is 0 Å². The Morgan fingerprint density at radius 1 is 1.00 bits per heavy atom. The molecule has 0 bridgehead atoms. The first kappa shape index (κ1) is 20.1. The number of benzene rings is 2. The van der Waals surface area contributed by atoms with Crippen LogP contribution >= 0.6 is 23.2 Å². The Hall–Kier alpha value is -3.17. The Morgan fingerprint density at radius 3 is 2.53 bits per heavy atom. The maximum absolute atomic E-state index is 14.3. The number of halogens is 5. The van der Waals surface area contributed by atoms with Gasteiger partial charge in [-0.1, -0.05) is 40.4 Å². The van der Waals surface area contributed by atoms with Gasteiger partial charge in [-0.3, -0.25) is 4.98 Å². The van der Waals surface area contributed by atoms with Crippen LogP contribution in [0.4, 0.5) is 19.1 Å². The van der Waals surface area contributed by atoms with Gasteiger partial charge in [0.1, 0.15) is 17.5 Å². The van der Waals surface area contributed by atoms with Gasteiger partial charge in [0.05, 0.1) is 27.0 Å². The fraction of sp³-hybridized carbons (Fsp3) is 0.0526. The maximum Gasteiger partial charge on any atom is 0.248 e. The van der Waals surface area contributed by atoms with E-state index in [1.807, 2.05) is 0 Å². The molecule has 0 amide bonds. The molecule has 2 aromatic carbocycles. The van der Waals surface area contributed by atoms with Crippen molar-refractivity contribution in [2.24, 2.45) is 0 Å². The van der Waals surface area contributed by atoms with Gasteiger partial charge in [-0.25, -0.2) is 13.2 Å². The summed E-state index contributed by atoms with van der Waals surface area (Å²) in [6.45, 7) is 0.0674. The highest BCUT2D eigenvalue weighted by atomic mass is 35.5. The van der Waals surface area contributed by atoms with Gasteiger partial charge < -0.3 is 5.32 Å². The van der Waals surface area contributed by atoms with E-state index in [-0.39, 0.29) is 23.2 Å². The molecule has 0 unspecified atom stereocenters. The summed E-state index contributed by atoms with van der Waals surface area (Å²) < 4.78 is 43.1. The first-order valence-electron chi connectivity index (χ1n) is 8.51. The number of hydrogen-bond donors (Lipinski definition) is 1. The van der Waals surface area contributed by atoms with Crippen molar-refractivity contribution in [3.8, 4) is 16.9 Å². The van der Waals surface area contributed by atoms with E-state index >= 15 is 0 Å². The van der Waals surface area contributed by atoms with Crippen molar-refractivity contribution < 1.29 is 13.2 Å². The molecule has 0 saturated heterocycles. The average Bonchev–Trinajstić information content (AvgIpc) is 3.17. The minimum atomic E-state index is -1.05. The predicted molar refractivity (Wildman–Crippen MR) is 106 cm³/mol. The molecule has 30 heavy (non-hydrogen) atoms. The smallest absolute Gasteiger partial charge is 0.248 e. The third kappa shape index (κ3) is 3.81. The summed E-state index contributed by atoms with van der Waals surface area (Å²) in [6.07, 6.45) is 1.39. The van der Waals surface area contributed by atoms with E-state index in [4.69, 9.17) is 23.2 Å². The second kappa shape index (κ2) is 8.29. The Labute approximate surface area is 178 Å². The number of nitrogens with one attached hydrogen (secondary N) is 1. The Kier molecular flexibility index (Phi) is 5.56. The molecule has 0 atom stereocenters. The molecule has 6 nitrogen and oxygen atoms in total. The second-order valence-electron chi connectivity index (χ2n) is 6.10. The van der Waals surface area contributed by atoms with Crippen LogP contribution < -0.4 is 5.32 Å². The van der Waals surface area contributed by atoms with E-state index < -0.39 is 23.0 Å². The zero-order valence-electron chi connectivity index (χ0n) is 15.0. The van der Waals surface area contributed by atoms with Crippen molar-refractivity contribution in [1.29, 1.82) is 0 Å². The maximum atomic E-state index is 14.3. The molecule has 0 fully saturated rings. The largest absolute Gasteiger partial charge is 0.349 e. The Bertz CT molecular complexity index is 1210. The topological polar surface area (TPSA) is 68.5 Å². The van der Waals surface area contributed by atoms with Crippen LogP contribution in [0.2, 0.25) is 10.0 Å². The highest BCUT2D eigenvalue weighted by molar-refractivity contribution is 6.43. The molecule has 0 radical (unpaired) electrons. The van der Waals surface area contributed by atoms with E-state index in [9.17, 15) is 13.2 Å². The van der Waals surface area contributed by atoms with Crippen LogP contribution in [0, 0.1) is 17.5 Å². The third-order valence-corrected chi connectivity index (χ3v) is 5.01. The summed E-state index contributed by atoms with van der Waals surface area (Å²) in [7, 11) is 0. The predicted octanol–water partition coefficient (Wildman–Crippen LogP) is 5.06. The number of tetrazole rings is 1. The Balaban J connectivity index is 1.67. The van der Waals surface area contributed by atoms with E-state index in [1.165, 1.54) is 10.9 Å². The molecule has 0 aliphatic rings. The van der Waals surface area contributed by atoms with Crippen LogP contribution in [-0.4, -0.2) is 25.2 Å². The van der Waals surface area contributed by atoms with E-state index in [1.54, 1.807) is 30.3 Å². The third-order valence-electron chi connectivity index (χ3n) is 4.20.